The van der Waals surface area contributed by atoms with Gasteiger partial charge in [0.15, 0.2) is 0 Å². The van der Waals surface area contributed by atoms with Crippen LogP contribution in [0.2, 0.25) is 5.02 Å². The van der Waals surface area contributed by atoms with E-state index in [9.17, 15) is 9.59 Å². The molecular formula is C14H9ClO4. The number of aromatic carboxylic acids is 2. The molecule has 0 saturated carbocycles. The molecule has 0 radical (unpaired) electrons. The van der Waals surface area contributed by atoms with Gasteiger partial charge in [-0.05, 0) is 41.5 Å². The Labute approximate surface area is 113 Å². The Kier molecular flexibility index (Phi) is 3.53. The highest BCUT2D eigenvalue weighted by molar-refractivity contribution is 6.31. The van der Waals surface area contributed by atoms with E-state index in [-0.39, 0.29) is 11.1 Å². The van der Waals surface area contributed by atoms with E-state index in [1.807, 2.05) is 0 Å². The predicted molar refractivity (Wildman–Crippen MR) is 70.8 cm³/mol. The molecule has 2 aromatic rings. The maximum absolute atomic E-state index is 11.1. The minimum atomic E-state index is -1.06. The Morgan fingerprint density at radius 2 is 1.53 bits per heavy atom. The lowest BCUT2D eigenvalue weighted by atomic mass is 9.99. The van der Waals surface area contributed by atoms with Crippen LogP contribution in [-0.4, -0.2) is 22.2 Å². The van der Waals surface area contributed by atoms with Gasteiger partial charge in [-0.2, -0.15) is 0 Å². The Hall–Kier alpha value is -2.33. The van der Waals surface area contributed by atoms with E-state index in [1.165, 1.54) is 24.3 Å². The molecule has 0 aromatic heterocycles. The summed E-state index contributed by atoms with van der Waals surface area (Å²) in [5.74, 6) is -2.09. The van der Waals surface area contributed by atoms with Crippen LogP contribution in [-0.2, 0) is 0 Å². The van der Waals surface area contributed by atoms with Crippen molar-refractivity contribution >= 4 is 23.5 Å². The predicted octanol–water partition coefficient (Wildman–Crippen LogP) is 3.40. The second-order valence-corrected chi connectivity index (χ2v) is 4.31. The lowest BCUT2D eigenvalue weighted by Gasteiger charge is -2.07. The van der Waals surface area contributed by atoms with Gasteiger partial charge in [-0.1, -0.05) is 23.7 Å². The van der Waals surface area contributed by atoms with Gasteiger partial charge < -0.3 is 10.2 Å². The third-order valence-electron chi connectivity index (χ3n) is 2.65. The van der Waals surface area contributed by atoms with Crippen molar-refractivity contribution in [2.24, 2.45) is 0 Å². The van der Waals surface area contributed by atoms with E-state index in [1.54, 1.807) is 18.2 Å². The van der Waals surface area contributed by atoms with Crippen LogP contribution < -0.4 is 0 Å². The minimum absolute atomic E-state index is 0.118. The maximum Gasteiger partial charge on any atom is 0.336 e. The number of carboxylic acid groups (broad SMARTS) is 2. The molecule has 0 bridgehead atoms. The molecule has 0 fully saturated rings. The Morgan fingerprint density at radius 3 is 2.05 bits per heavy atom. The fourth-order valence-electron chi connectivity index (χ4n) is 1.73. The normalized spacial score (nSPS) is 10.2. The van der Waals surface area contributed by atoms with E-state index in [0.717, 1.165) is 0 Å². The lowest BCUT2D eigenvalue weighted by molar-refractivity contribution is 0.0686. The quantitative estimate of drug-likeness (QED) is 0.901. The zero-order valence-corrected chi connectivity index (χ0v) is 10.4. The van der Waals surface area contributed by atoms with Gasteiger partial charge in [0.1, 0.15) is 0 Å². The number of benzene rings is 2. The molecule has 0 amide bonds. The first-order chi connectivity index (χ1) is 8.99. The summed E-state index contributed by atoms with van der Waals surface area (Å²) >= 11 is 5.87. The van der Waals surface area contributed by atoms with Crippen molar-refractivity contribution in [2.75, 3.05) is 0 Å². The van der Waals surface area contributed by atoms with Gasteiger partial charge in [0, 0.05) is 5.02 Å². The molecule has 0 heterocycles. The molecule has 0 atom stereocenters. The van der Waals surface area contributed by atoms with Crippen LogP contribution in [0.5, 0.6) is 0 Å². The first-order valence-electron chi connectivity index (χ1n) is 5.35. The molecule has 0 saturated heterocycles. The van der Waals surface area contributed by atoms with Crippen molar-refractivity contribution in [1.29, 1.82) is 0 Å². The summed E-state index contributed by atoms with van der Waals surface area (Å²) in [4.78, 5) is 21.9. The molecule has 0 unspecified atom stereocenters. The highest BCUT2D eigenvalue weighted by Gasteiger charge is 2.12. The first-order valence-corrected chi connectivity index (χ1v) is 5.73. The van der Waals surface area contributed by atoms with Crippen molar-refractivity contribution in [1.82, 2.24) is 0 Å². The molecule has 2 aromatic carbocycles. The lowest BCUT2D eigenvalue weighted by Crippen LogP contribution is -2.00. The Balaban J connectivity index is 2.54. The van der Waals surface area contributed by atoms with E-state index in [4.69, 9.17) is 21.8 Å². The zero-order chi connectivity index (χ0) is 14.0. The number of carbonyl (C=O) groups is 2. The summed E-state index contributed by atoms with van der Waals surface area (Å²) in [5, 5.41) is 18.4. The second-order valence-electron chi connectivity index (χ2n) is 3.88. The van der Waals surface area contributed by atoms with E-state index >= 15 is 0 Å². The van der Waals surface area contributed by atoms with Gasteiger partial charge in [-0.15, -0.1) is 0 Å². The van der Waals surface area contributed by atoms with Crippen LogP contribution in [0, 0.1) is 0 Å². The molecule has 5 heteroatoms. The van der Waals surface area contributed by atoms with E-state index < -0.39 is 11.9 Å². The average molecular weight is 277 g/mol. The number of hydrogen-bond acceptors (Lipinski definition) is 2. The van der Waals surface area contributed by atoms with Crippen LogP contribution in [0.3, 0.4) is 0 Å². The number of carboxylic acids is 2. The average Bonchev–Trinajstić information content (AvgIpc) is 2.38. The third kappa shape index (κ3) is 2.74. The minimum Gasteiger partial charge on any atom is -0.478 e. The summed E-state index contributed by atoms with van der Waals surface area (Å²) in [6.45, 7) is 0. The topological polar surface area (TPSA) is 74.6 Å². The van der Waals surface area contributed by atoms with Gasteiger partial charge in [0.25, 0.3) is 0 Å². The summed E-state index contributed by atoms with van der Waals surface area (Å²) in [6.07, 6.45) is 0. The smallest absolute Gasteiger partial charge is 0.336 e. The van der Waals surface area contributed by atoms with Gasteiger partial charge in [-0.3, -0.25) is 0 Å². The monoisotopic (exact) mass is 276 g/mol. The van der Waals surface area contributed by atoms with Crippen molar-refractivity contribution in [3.8, 4) is 11.1 Å². The van der Waals surface area contributed by atoms with Crippen molar-refractivity contribution in [3.63, 3.8) is 0 Å². The maximum atomic E-state index is 11.1. The molecule has 0 spiro atoms. The highest BCUT2D eigenvalue weighted by Crippen LogP contribution is 2.27. The van der Waals surface area contributed by atoms with Gasteiger partial charge in [-0.25, -0.2) is 9.59 Å². The standard InChI is InChI=1S/C14H9ClO4/c15-10-5-6-11(14(18)19)12(7-10)8-1-3-9(4-2-8)13(16)17/h1-7H,(H,16,17)(H,18,19). The molecule has 0 aliphatic carbocycles. The molecule has 96 valence electrons. The largest absolute Gasteiger partial charge is 0.478 e. The van der Waals surface area contributed by atoms with Crippen LogP contribution in [0.25, 0.3) is 11.1 Å². The Bertz CT molecular complexity index is 647. The highest BCUT2D eigenvalue weighted by atomic mass is 35.5. The number of hydrogen-bond donors (Lipinski definition) is 2. The van der Waals surface area contributed by atoms with Crippen LogP contribution >= 0.6 is 11.6 Å². The number of rotatable bonds is 3. The van der Waals surface area contributed by atoms with Gasteiger partial charge in [0.2, 0.25) is 0 Å². The molecule has 0 aliphatic heterocycles. The van der Waals surface area contributed by atoms with Crippen LogP contribution in [0.4, 0.5) is 0 Å². The summed E-state index contributed by atoms with van der Waals surface area (Å²) in [5.41, 5.74) is 1.32. The van der Waals surface area contributed by atoms with Gasteiger partial charge >= 0.3 is 11.9 Å². The third-order valence-corrected chi connectivity index (χ3v) is 2.89. The molecule has 0 aliphatic rings. The molecule has 4 nitrogen and oxygen atoms in total. The molecule has 2 rings (SSSR count). The SMILES string of the molecule is O=C(O)c1ccc(-c2cc(Cl)ccc2C(=O)O)cc1. The summed E-state index contributed by atoms with van der Waals surface area (Å²) in [7, 11) is 0. The van der Waals surface area contributed by atoms with Crippen LogP contribution in [0.15, 0.2) is 42.5 Å². The molecular weight excluding hydrogens is 268 g/mol. The van der Waals surface area contributed by atoms with Crippen molar-refractivity contribution in [3.05, 3.63) is 58.6 Å². The van der Waals surface area contributed by atoms with E-state index in [2.05, 4.69) is 0 Å². The second kappa shape index (κ2) is 5.12. The number of halogens is 1. The fourth-order valence-corrected chi connectivity index (χ4v) is 1.91. The van der Waals surface area contributed by atoms with Gasteiger partial charge in [0.05, 0.1) is 11.1 Å². The fraction of sp³-hybridized carbons (Fsp3) is 0. The molecule has 2 N–H and O–H groups in total. The van der Waals surface area contributed by atoms with Crippen LogP contribution in [0.1, 0.15) is 20.7 Å². The summed E-state index contributed by atoms with van der Waals surface area (Å²) in [6, 6.07) is 10.4. The summed E-state index contributed by atoms with van der Waals surface area (Å²) < 4.78 is 0. The van der Waals surface area contributed by atoms with Crippen molar-refractivity contribution < 1.29 is 19.8 Å². The molecule has 19 heavy (non-hydrogen) atoms. The first kappa shape index (κ1) is 13.1. The van der Waals surface area contributed by atoms with E-state index in [0.29, 0.717) is 16.1 Å². The Morgan fingerprint density at radius 1 is 0.895 bits per heavy atom. The van der Waals surface area contributed by atoms with Crippen molar-refractivity contribution in [2.45, 2.75) is 0 Å². The zero-order valence-electron chi connectivity index (χ0n) is 9.63.